The summed E-state index contributed by atoms with van der Waals surface area (Å²) in [4.78, 5) is 37.2. The Kier molecular flexibility index (Phi) is 6.32. The lowest BCUT2D eigenvalue weighted by atomic mass is 10.0. The van der Waals surface area contributed by atoms with Gasteiger partial charge in [-0.2, -0.15) is 0 Å². The molecule has 0 spiro atoms. The summed E-state index contributed by atoms with van der Waals surface area (Å²) in [6.45, 7) is 1.83. The normalized spacial score (nSPS) is 18.3. The zero-order chi connectivity index (χ0) is 21.0. The quantitative estimate of drug-likeness (QED) is 0.784. The Morgan fingerprint density at radius 3 is 2.03 bits per heavy atom. The molecular formula is C23H26N2O4. The van der Waals surface area contributed by atoms with Crippen molar-refractivity contribution >= 4 is 17.8 Å². The molecule has 0 aliphatic heterocycles. The third kappa shape index (κ3) is 4.83. The number of amides is 2. The molecule has 2 atom stereocenters. The van der Waals surface area contributed by atoms with Gasteiger partial charge < -0.3 is 15.3 Å². The molecule has 1 fully saturated rings. The summed E-state index contributed by atoms with van der Waals surface area (Å²) in [5.41, 5.74) is 2.67. The molecule has 3 rings (SSSR count). The lowest BCUT2D eigenvalue weighted by Crippen LogP contribution is -2.38. The molecule has 2 unspecified atom stereocenters. The molecule has 0 aromatic heterocycles. The maximum atomic E-state index is 12.9. The van der Waals surface area contributed by atoms with Gasteiger partial charge in [-0.3, -0.25) is 9.59 Å². The fraction of sp³-hybridized carbons (Fsp3) is 0.348. The second kappa shape index (κ2) is 8.90. The minimum absolute atomic E-state index is 0.0368. The summed E-state index contributed by atoms with van der Waals surface area (Å²) in [7, 11) is 1.82. The average molecular weight is 394 g/mol. The van der Waals surface area contributed by atoms with Crippen molar-refractivity contribution in [2.75, 3.05) is 7.05 Å². The van der Waals surface area contributed by atoms with Crippen molar-refractivity contribution in [2.24, 2.45) is 0 Å². The van der Waals surface area contributed by atoms with Crippen LogP contribution in [0.5, 0.6) is 0 Å². The Balaban J connectivity index is 1.64. The van der Waals surface area contributed by atoms with Gasteiger partial charge in [0.15, 0.2) is 0 Å². The molecule has 2 aromatic carbocycles. The van der Waals surface area contributed by atoms with Gasteiger partial charge >= 0.3 is 5.97 Å². The van der Waals surface area contributed by atoms with Gasteiger partial charge in [-0.05, 0) is 54.7 Å². The predicted molar refractivity (Wildman–Crippen MR) is 111 cm³/mol. The molecule has 0 heterocycles. The van der Waals surface area contributed by atoms with Gasteiger partial charge in [0.05, 0.1) is 5.56 Å². The standard InChI is InChI=1S/C23H26N2O4/c1-3-21(26)24-19-12-13-20(14-19)25(2)22(27)17-8-4-15(5-9-17)16-6-10-18(11-7-16)23(28)29/h4-11,19-20H,3,12-14H2,1-2H3,(H,24,26)(H,28,29). The van der Waals surface area contributed by atoms with Crippen LogP contribution in [0.25, 0.3) is 11.1 Å². The molecule has 152 valence electrons. The van der Waals surface area contributed by atoms with Crippen LogP contribution in [0, 0.1) is 0 Å². The number of carbonyl (C=O) groups excluding carboxylic acids is 2. The molecule has 1 saturated carbocycles. The van der Waals surface area contributed by atoms with Gasteiger partial charge in [0.1, 0.15) is 0 Å². The zero-order valence-corrected chi connectivity index (χ0v) is 16.7. The molecule has 0 bridgehead atoms. The summed E-state index contributed by atoms with van der Waals surface area (Å²) in [5, 5.41) is 12.0. The molecule has 2 amide bonds. The lowest BCUT2D eigenvalue weighted by Gasteiger charge is -2.25. The van der Waals surface area contributed by atoms with Gasteiger partial charge in [-0.15, -0.1) is 0 Å². The topological polar surface area (TPSA) is 86.7 Å². The number of benzene rings is 2. The van der Waals surface area contributed by atoms with Crippen molar-refractivity contribution in [3.63, 3.8) is 0 Å². The number of hydrogen-bond acceptors (Lipinski definition) is 3. The first kappa shape index (κ1) is 20.6. The van der Waals surface area contributed by atoms with Crippen molar-refractivity contribution in [2.45, 2.75) is 44.7 Å². The van der Waals surface area contributed by atoms with Crippen molar-refractivity contribution in [3.8, 4) is 11.1 Å². The molecule has 1 aliphatic rings. The molecule has 29 heavy (non-hydrogen) atoms. The van der Waals surface area contributed by atoms with Crippen molar-refractivity contribution < 1.29 is 19.5 Å². The smallest absolute Gasteiger partial charge is 0.335 e. The van der Waals surface area contributed by atoms with E-state index in [1.54, 1.807) is 41.3 Å². The second-order valence-corrected chi connectivity index (χ2v) is 7.46. The van der Waals surface area contributed by atoms with E-state index in [0.29, 0.717) is 12.0 Å². The summed E-state index contributed by atoms with van der Waals surface area (Å²) < 4.78 is 0. The van der Waals surface area contributed by atoms with Crippen LogP contribution in [0.2, 0.25) is 0 Å². The van der Waals surface area contributed by atoms with E-state index in [9.17, 15) is 14.4 Å². The maximum Gasteiger partial charge on any atom is 0.335 e. The first-order valence-corrected chi connectivity index (χ1v) is 9.89. The zero-order valence-electron chi connectivity index (χ0n) is 16.7. The highest BCUT2D eigenvalue weighted by Crippen LogP contribution is 2.26. The molecule has 2 N–H and O–H groups in total. The molecule has 0 saturated heterocycles. The Bertz CT molecular complexity index is 890. The molecular weight excluding hydrogens is 368 g/mol. The third-order valence-electron chi connectivity index (χ3n) is 5.56. The van der Waals surface area contributed by atoms with Crippen LogP contribution < -0.4 is 5.32 Å². The van der Waals surface area contributed by atoms with Crippen molar-refractivity contribution in [1.82, 2.24) is 10.2 Å². The number of carboxylic acid groups (broad SMARTS) is 1. The first-order valence-electron chi connectivity index (χ1n) is 9.89. The van der Waals surface area contributed by atoms with E-state index in [1.807, 2.05) is 26.1 Å². The van der Waals surface area contributed by atoms with Gasteiger partial charge in [0.2, 0.25) is 5.91 Å². The Morgan fingerprint density at radius 1 is 0.966 bits per heavy atom. The summed E-state index contributed by atoms with van der Waals surface area (Å²) in [6.07, 6.45) is 3.02. The number of nitrogens with zero attached hydrogens (tertiary/aromatic N) is 1. The highest BCUT2D eigenvalue weighted by atomic mass is 16.4. The monoisotopic (exact) mass is 394 g/mol. The van der Waals surface area contributed by atoms with Gasteiger partial charge in [-0.25, -0.2) is 4.79 Å². The molecule has 6 nitrogen and oxygen atoms in total. The minimum atomic E-state index is -0.955. The molecule has 1 aliphatic carbocycles. The molecule has 0 radical (unpaired) electrons. The fourth-order valence-corrected chi connectivity index (χ4v) is 3.75. The maximum absolute atomic E-state index is 12.9. The van der Waals surface area contributed by atoms with E-state index in [1.165, 1.54) is 0 Å². The van der Waals surface area contributed by atoms with E-state index in [4.69, 9.17) is 5.11 Å². The molecule has 2 aromatic rings. The van der Waals surface area contributed by atoms with Gasteiger partial charge in [0, 0.05) is 31.1 Å². The van der Waals surface area contributed by atoms with E-state index in [-0.39, 0.29) is 29.5 Å². The Hall–Kier alpha value is -3.15. The second-order valence-electron chi connectivity index (χ2n) is 7.46. The summed E-state index contributed by atoms with van der Waals surface area (Å²) >= 11 is 0. The van der Waals surface area contributed by atoms with Crippen LogP contribution >= 0.6 is 0 Å². The van der Waals surface area contributed by atoms with Crippen LogP contribution in [0.15, 0.2) is 48.5 Å². The van der Waals surface area contributed by atoms with Gasteiger partial charge in [-0.1, -0.05) is 31.2 Å². The highest BCUT2D eigenvalue weighted by molar-refractivity contribution is 5.95. The largest absolute Gasteiger partial charge is 0.478 e. The van der Waals surface area contributed by atoms with Crippen molar-refractivity contribution in [1.29, 1.82) is 0 Å². The number of nitrogens with one attached hydrogen (secondary N) is 1. The first-order chi connectivity index (χ1) is 13.9. The van der Waals surface area contributed by atoms with E-state index in [2.05, 4.69) is 5.32 Å². The number of carboxylic acids is 1. The fourth-order valence-electron chi connectivity index (χ4n) is 3.75. The van der Waals surface area contributed by atoms with Crippen LogP contribution in [0.1, 0.15) is 53.3 Å². The Morgan fingerprint density at radius 2 is 1.52 bits per heavy atom. The minimum Gasteiger partial charge on any atom is -0.478 e. The number of hydrogen-bond donors (Lipinski definition) is 2. The van der Waals surface area contributed by atoms with Crippen LogP contribution in [0.3, 0.4) is 0 Å². The van der Waals surface area contributed by atoms with Crippen LogP contribution in [-0.2, 0) is 4.79 Å². The summed E-state index contributed by atoms with van der Waals surface area (Å²) in [5.74, 6) is -0.939. The average Bonchev–Trinajstić information content (AvgIpc) is 3.21. The summed E-state index contributed by atoms with van der Waals surface area (Å²) in [6, 6.07) is 14.2. The molecule has 6 heteroatoms. The van der Waals surface area contributed by atoms with Crippen LogP contribution in [-0.4, -0.2) is 46.9 Å². The number of rotatable bonds is 6. The van der Waals surface area contributed by atoms with E-state index in [0.717, 1.165) is 30.4 Å². The third-order valence-corrected chi connectivity index (χ3v) is 5.56. The van der Waals surface area contributed by atoms with Crippen LogP contribution in [0.4, 0.5) is 0 Å². The SMILES string of the molecule is CCC(=O)NC1CCC(N(C)C(=O)c2ccc(-c3ccc(C(=O)O)cc3)cc2)C1. The highest BCUT2D eigenvalue weighted by Gasteiger charge is 2.30. The predicted octanol–water partition coefficient (Wildman–Crippen LogP) is 3.57. The number of aromatic carboxylic acids is 1. The van der Waals surface area contributed by atoms with Gasteiger partial charge in [0.25, 0.3) is 5.91 Å². The Labute approximate surface area is 170 Å². The number of carbonyl (C=O) groups is 3. The van der Waals surface area contributed by atoms with E-state index >= 15 is 0 Å². The van der Waals surface area contributed by atoms with Crippen molar-refractivity contribution in [3.05, 3.63) is 59.7 Å². The lowest BCUT2D eigenvalue weighted by molar-refractivity contribution is -0.121. The van der Waals surface area contributed by atoms with E-state index < -0.39 is 5.97 Å².